The molecule has 0 aliphatic rings. The van der Waals surface area contributed by atoms with Gasteiger partial charge in [0.15, 0.2) is 0 Å². The van der Waals surface area contributed by atoms with Gasteiger partial charge in [0.05, 0.1) is 24.7 Å². The lowest BCUT2D eigenvalue weighted by Gasteiger charge is -2.43. The first-order chi connectivity index (χ1) is 22.7. The molecule has 47 heavy (non-hydrogen) atoms. The number of benzene rings is 6. The van der Waals surface area contributed by atoms with Gasteiger partial charge in [0, 0.05) is 0 Å². The van der Waals surface area contributed by atoms with Crippen LogP contribution in [0.25, 0.3) is 33.4 Å². The van der Waals surface area contributed by atoms with Crippen LogP contribution in [0.1, 0.15) is 39.9 Å². The van der Waals surface area contributed by atoms with Crippen molar-refractivity contribution in [2.24, 2.45) is 17.2 Å². The Labute approximate surface area is 276 Å². The average Bonchev–Trinajstić information content (AvgIpc) is 3.11. The molecule has 5 heteroatoms. The summed E-state index contributed by atoms with van der Waals surface area (Å²) in [5.74, 6) is 0.471. The number of hydrogen-bond donors (Lipinski definition) is 3. The number of methoxy groups -OCH3 is 1. The Balaban J connectivity index is 1.60. The molecule has 0 amide bonds. The van der Waals surface area contributed by atoms with Crippen LogP contribution >= 0.6 is 0 Å². The van der Waals surface area contributed by atoms with Crippen molar-refractivity contribution in [1.29, 1.82) is 0 Å². The first-order valence-corrected chi connectivity index (χ1v) is 15.8. The third-order valence-corrected chi connectivity index (χ3v) is 9.26. The van der Waals surface area contributed by atoms with Gasteiger partial charge in [0.25, 0.3) is 0 Å². The molecule has 6 aromatic rings. The maximum absolute atomic E-state index is 14.3. The first-order valence-electron chi connectivity index (χ1n) is 15.8. The predicted molar refractivity (Wildman–Crippen MR) is 191 cm³/mol. The lowest BCUT2D eigenvalue weighted by Crippen LogP contribution is -2.54. The topological polar surface area (TPSA) is 87.3 Å². The van der Waals surface area contributed by atoms with E-state index in [2.05, 4.69) is 43.3 Å². The van der Waals surface area contributed by atoms with Crippen molar-refractivity contribution in [3.05, 3.63) is 173 Å². The van der Waals surface area contributed by atoms with Crippen LogP contribution in [-0.2, 0) is 5.54 Å². The van der Waals surface area contributed by atoms with E-state index in [4.69, 9.17) is 21.9 Å². The van der Waals surface area contributed by atoms with Crippen molar-refractivity contribution in [3.63, 3.8) is 0 Å². The highest BCUT2D eigenvalue weighted by molar-refractivity contribution is 5.75. The average molecular weight is 622 g/mol. The van der Waals surface area contributed by atoms with Crippen molar-refractivity contribution in [3.8, 4) is 39.1 Å². The van der Waals surface area contributed by atoms with Crippen LogP contribution in [-0.4, -0.2) is 7.11 Å². The Morgan fingerprint density at radius 1 is 0.574 bits per heavy atom. The number of rotatable bonds is 9. The summed E-state index contributed by atoms with van der Waals surface area (Å²) in [6.45, 7) is 3.97. The minimum atomic E-state index is -1.33. The Bertz CT molecular complexity index is 2000. The largest absolute Gasteiger partial charge is 0.497 e. The summed E-state index contributed by atoms with van der Waals surface area (Å²) >= 11 is 0. The molecule has 3 atom stereocenters. The summed E-state index contributed by atoms with van der Waals surface area (Å²) in [6.07, 6.45) is 0. The zero-order valence-corrected chi connectivity index (χ0v) is 27.0. The van der Waals surface area contributed by atoms with E-state index in [1.54, 1.807) is 13.2 Å². The van der Waals surface area contributed by atoms with Crippen LogP contribution < -0.4 is 21.9 Å². The van der Waals surface area contributed by atoms with E-state index in [1.807, 2.05) is 91.9 Å². The quantitative estimate of drug-likeness (QED) is 0.150. The van der Waals surface area contributed by atoms with E-state index in [0.29, 0.717) is 0 Å². The van der Waals surface area contributed by atoms with Gasteiger partial charge in [-0.15, -0.1) is 0 Å². The second kappa shape index (κ2) is 13.3. The molecule has 0 fully saturated rings. The molecule has 0 aliphatic carbocycles. The third-order valence-electron chi connectivity index (χ3n) is 9.26. The minimum Gasteiger partial charge on any atom is -0.497 e. The molecular weight excluding hydrogens is 581 g/mol. The summed E-state index contributed by atoms with van der Waals surface area (Å²) < 4.78 is 19.7. The number of ether oxygens (including phenoxy) is 1. The molecule has 4 nitrogen and oxygen atoms in total. The number of hydrogen-bond acceptors (Lipinski definition) is 4. The fourth-order valence-corrected chi connectivity index (χ4v) is 6.63. The molecule has 6 N–H and O–H groups in total. The van der Waals surface area contributed by atoms with Gasteiger partial charge in [-0.1, -0.05) is 121 Å². The van der Waals surface area contributed by atoms with Crippen molar-refractivity contribution in [2.45, 2.75) is 31.5 Å². The molecule has 0 saturated carbocycles. The highest BCUT2D eigenvalue weighted by Crippen LogP contribution is 2.48. The van der Waals surface area contributed by atoms with Crippen LogP contribution in [0.4, 0.5) is 4.39 Å². The second-order valence-corrected chi connectivity index (χ2v) is 12.2. The van der Waals surface area contributed by atoms with Gasteiger partial charge < -0.3 is 21.9 Å². The number of nitrogens with two attached hydrogens (primary N) is 3. The molecular formula is C42H40FN3O. The number of halogens is 1. The molecule has 0 bridgehead atoms. The third kappa shape index (κ3) is 6.09. The maximum Gasteiger partial charge on any atom is 0.123 e. The summed E-state index contributed by atoms with van der Waals surface area (Å²) in [6, 6.07) is 43.7. The maximum atomic E-state index is 14.3. The fourth-order valence-electron chi connectivity index (χ4n) is 6.63. The fraction of sp³-hybridized carbons (Fsp3) is 0.143. The highest BCUT2D eigenvalue weighted by atomic mass is 19.1. The first kappa shape index (κ1) is 31.9. The van der Waals surface area contributed by atoms with Crippen LogP contribution in [0.2, 0.25) is 0 Å². The van der Waals surface area contributed by atoms with Crippen molar-refractivity contribution >= 4 is 0 Å². The van der Waals surface area contributed by atoms with E-state index < -0.39 is 17.6 Å². The van der Waals surface area contributed by atoms with Gasteiger partial charge in [0.1, 0.15) is 11.6 Å². The van der Waals surface area contributed by atoms with E-state index >= 15 is 0 Å². The second-order valence-electron chi connectivity index (χ2n) is 12.2. The van der Waals surface area contributed by atoms with E-state index in [-0.39, 0.29) is 5.82 Å². The summed E-state index contributed by atoms with van der Waals surface area (Å²) in [5.41, 5.74) is 31.6. The smallest absolute Gasteiger partial charge is 0.123 e. The van der Waals surface area contributed by atoms with Gasteiger partial charge >= 0.3 is 0 Å². The van der Waals surface area contributed by atoms with Crippen LogP contribution in [0.5, 0.6) is 5.75 Å². The summed E-state index contributed by atoms with van der Waals surface area (Å²) in [4.78, 5) is 0. The van der Waals surface area contributed by atoms with Gasteiger partial charge in [-0.05, 0) is 93.7 Å². The van der Waals surface area contributed by atoms with Gasteiger partial charge in [-0.25, -0.2) is 4.39 Å². The molecule has 6 rings (SSSR count). The van der Waals surface area contributed by atoms with E-state index in [9.17, 15) is 4.39 Å². The normalized spacial score (nSPS) is 13.9. The molecule has 0 radical (unpaired) electrons. The Hall–Kier alpha value is -5.07. The van der Waals surface area contributed by atoms with Gasteiger partial charge in [-0.3, -0.25) is 0 Å². The van der Waals surface area contributed by atoms with Crippen molar-refractivity contribution in [1.82, 2.24) is 0 Å². The zero-order valence-electron chi connectivity index (χ0n) is 27.0. The summed E-state index contributed by atoms with van der Waals surface area (Å²) in [5, 5.41) is 0. The monoisotopic (exact) mass is 621 g/mol. The Morgan fingerprint density at radius 2 is 1.06 bits per heavy atom. The molecule has 3 unspecified atom stereocenters. The lowest BCUT2D eigenvalue weighted by molar-refractivity contribution is 0.295. The van der Waals surface area contributed by atoms with E-state index in [1.165, 1.54) is 17.7 Å². The lowest BCUT2D eigenvalue weighted by atomic mass is 9.69. The Kier molecular flexibility index (Phi) is 9.06. The molecule has 236 valence electrons. The minimum absolute atomic E-state index is 0.295. The van der Waals surface area contributed by atoms with Crippen LogP contribution in [0.15, 0.2) is 140 Å². The van der Waals surface area contributed by atoms with Crippen molar-refractivity contribution in [2.75, 3.05) is 7.11 Å². The predicted octanol–water partition coefficient (Wildman–Crippen LogP) is 9.01. The Morgan fingerprint density at radius 3 is 1.60 bits per heavy atom. The van der Waals surface area contributed by atoms with E-state index in [0.717, 1.165) is 61.4 Å². The van der Waals surface area contributed by atoms with Gasteiger partial charge in [-0.2, -0.15) is 0 Å². The molecule has 0 heterocycles. The standard InChI is InChI=1S/C42H40FN3O/c1-27-16-18-29(19-17-27)34-10-4-6-13-37(34)40(44)42(46,39-15-9-8-12-36(39)33-25-22-31(43)26-28(33)2)41(45)38-14-7-5-11-35(38)30-20-23-32(47-3)24-21-30/h4-26,40-41H,44-46H2,1-3H3. The van der Waals surface area contributed by atoms with Crippen molar-refractivity contribution < 1.29 is 9.13 Å². The van der Waals surface area contributed by atoms with Crippen LogP contribution in [0, 0.1) is 19.7 Å². The molecule has 0 spiro atoms. The number of aryl methyl sites for hydroxylation is 2. The molecule has 0 aliphatic heterocycles. The SMILES string of the molecule is COc1ccc(-c2ccccc2C(N)C(N)(c2ccccc2-c2ccc(F)cc2C)C(N)c2ccccc2-c2ccc(C)cc2)cc1. The van der Waals surface area contributed by atoms with Crippen LogP contribution in [0.3, 0.4) is 0 Å². The molecule has 6 aromatic carbocycles. The molecule has 0 saturated heterocycles. The highest BCUT2D eigenvalue weighted by Gasteiger charge is 2.45. The summed E-state index contributed by atoms with van der Waals surface area (Å²) in [7, 11) is 1.65. The van der Waals surface area contributed by atoms with Gasteiger partial charge in [0.2, 0.25) is 0 Å². The molecule has 0 aromatic heterocycles. The zero-order chi connectivity index (χ0) is 33.1.